The van der Waals surface area contributed by atoms with E-state index in [0.29, 0.717) is 0 Å². The standard InChI is InChI=1S/C26H21F/c1-2-3-4-19-5-6-25-18-24(12-11-23(25)17-19)22-9-7-20(8-10-22)21-13-15-26(27)16-14-21/h2,5-18H,1,3-4H2. The van der Waals surface area contributed by atoms with Gasteiger partial charge in [0, 0.05) is 0 Å². The second-order valence-electron chi connectivity index (χ2n) is 6.81. The highest BCUT2D eigenvalue weighted by molar-refractivity contribution is 5.88. The normalized spacial score (nSPS) is 10.9. The van der Waals surface area contributed by atoms with Gasteiger partial charge in [-0.25, -0.2) is 4.39 Å². The lowest BCUT2D eigenvalue weighted by Gasteiger charge is -2.08. The first-order valence-electron chi connectivity index (χ1n) is 9.23. The van der Waals surface area contributed by atoms with Gasteiger partial charge in [-0.3, -0.25) is 0 Å². The van der Waals surface area contributed by atoms with Crippen LogP contribution >= 0.6 is 0 Å². The number of fused-ring (bicyclic) bond motifs is 1. The van der Waals surface area contributed by atoms with Gasteiger partial charge in [-0.05, 0) is 69.6 Å². The van der Waals surface area contributed by atoms with E-state index in [1.54, 1.807) is 0 Å². The molecule has 1 heteroatoms. The highest BCUT2D eigenvalue weighted by Crippen LogP contribution is 2.28. The molecule has 0 N–H and O–H groups in total. The predicted molar refractivity (Wildman–Crippen MR) is 113 cm³/mol. The summed E-state index contributed by atoms with van der Waals surface area (Å²) < 4.78 is 13.1. The van der Waals surface area contributed by atoms with Crippen molar-refractivity contribution in [2.45, 2.75) is 12.8 Å². The van der Waals surface area contributed by atoms with Gasteiger partial charge < -0.3 is 0 Å². The van der Waals surface area contributed by atoms with Gasteiger partial charge in [0.05, 0.1) is 0 Å². The SMILES string of the molecule is C=CCCc1ccc2cc(-c3ccc(-c4ccc(F)cc4)cc3)ccc2c1. The second kappa shape index (κ2) is 7.59. The number of aryl methyl sites for hydroxylation is 1. The van der Waals surface area contributed by atoms with Crippen LogP contribution in [0.15, 0.2) is 97.6 Å². The molecule has 0 unspecified atom stereocenters. The summed E-state index contributed by atoms with van der Waals surface area (Å²) in [5, 5.41) is 2.51. The van der Waals surface area contributed by atoms with Gasteiger partial charge in [0.1, 0.15) is 5.82 Å². The Hall–Kier alpha value is -3.19. The zero-order valence-corrected chi connectivity index (χ0v) is 15.2. The van der Waals surface area contributed by atoms with Crippen molar-refractivity contribution in [3.05, 3.63) is 109 Å². The first kappa shape index (κ1) is 17.2. The van der Waals surface area contributed by atoms with Crippen LogP contribution in [0.4, 0.5) is 4.39 Å². The predicted octanol–water partition coefficient (Wildman–Crippen LogP) is 7.43. The molecule has 27 heavy (non-hydrogen) atoms. The summed E-state index contributed by atoms with van der Waals surface area (Å²) in [5.41, 5.74) is 5.84. The van der Waals surface area contributed by atoms with E-state index in [-0.39, 0.29) is 5.82 Å². The maximum atomic E-state index is 13.1. The van der Waals surface area contributed by atoms with E-state index in [2.05, 4.69) is 67.2 Å². The summed E-state index contributed by atoms with van der Waals surface area (Å²) in [4.78, 5) is 0. The molecule has 0 fully saturated rings. The van der Waals surface area contributed by atoms with Crippen molar-refractivity contribution in [3.8, 4) is 22.3 Å². The largest absolute Gasteiger partial charge is 0.207 e. The summed E-state index contributed by atoms with van der Waals surface area (Å²) in [7, 11) is 0. The maximum absolute atomic E-state index is 13.1. The zero-order valence-electron chi connectivity index (χ0n) is 15.2. The van der Waals surface area contributed by atoms with Crippen LogP contribution in [-0.2, 0) is 6.42 Å². The molecule has 0 aliphatic rings. The fourth-order valence-electron chi connectivity index (χ4n) is 3.40. The van der Waals surface area contributed by atoms with Crippen molar-refractivity contribution < 1.29 is 4.39 Å². The van der Waals surface area contributed by atoms with Crippen LogP contribution in [0, 0.1) is 5.82 Å². The smallest absolute Gasteiger partial charge is 0.123 e. The van der Waals surface area contributed by atoms with Crippen LogP contribution in [0.1, 0.15) is 12.0 Å². The summed E-state index contributed by atoms with van der Waals surface area (Å²) in [6.07, 6.45) is 4.00. The molecule has 4 aromatic carbocycles. The molecule has 0 radical (unpaired) electrons. The van der Waals surface area contributed by atoms with E-state index in [1.807, 2.05) is 18.2 Å². The second-order valence-corrected chi connectivity index (χ2v) is 6.81. The number of halogens is 1. The minimum Gasteiger partial charge on any atom is -0.207 e. The number of hydrogen-bond donors (Lipinski definition) is 0. The molecule has 132 valence electrons. The van der Waals surface area contributed by atoms with Crippen LogP contribution in [0.2, 0.25) is 0 Å². The fourth-order valence-corrected chi connectivity index (χ4v) is 3.40. The van der Waals surface area contributed by atoms with Gasteiger partial charge >= 0.3 is 0 Å². The Labute approximate surface area is 159 Å². The Bertz CT molecular complexity index is 1070. The molecule has 0 aromatic heterocycles. The minimum atomic E-state index is -0.209. The topological polar surface area (TPSA) is 0 Å². The molecule has 0 bridgehead atoms. The van der Waals surface area contributed by atoms with Crippen LogP contribution in [0.3, 0.4) is 0 Å². The molecule has 0 atom stereocenters. The van der Waals surface area contributed by atoms with Crippen LogP contribution in [-0.4, -0.2) is 0 Å². The highest BCUT2D eigenvalue weighted by Gasteiger charge is 2.03. The lowest BCUT2D eigenvalue weighted by molar-refractivity contribution is 0.628. The quantitative estimate of drug-likeness (QED) is 0.328. The van der Waals surface area contributed by atoms with E-state index in [1.165, 1.54) is 39.6 Å². The Morgan fingerprint density at radius 3 is 1.81 bits per heavy atom. The van der Waals surface area contributed by atoms with Crippen LogP contribution in [0.25, 0.3) is 33.0 Å². The van der Waals surface area contributed by atoms with E-state index in [4.69, 9.17) is 0 Å². The summed E-state index contributed by atoms with van der Waals surface area (Å²) in [6, 6.07) is 28.3. The molecule has 0 saturated carbocycles. The first-order chi connectivity index (χ1) is 13.2. The van der Waals surface area contributed by atoms with Crippen molar-refractivity contribution in [2.24, 2.45) is 0 Å². The van der Waals surface area contributed by atoms with Crippen molar-refractivity contribution in [3.63, 3.8) is 0 Å². The third kappa shape index (κ3) is 3.83. The van der Waals surface area contributed by atoms with Crippen molar-refractivity contribution in [2.75, 3.05) is 0 Å². The van der Waals surface area contributed by atoms with Gasteiger partial charge in [0.15, 0.2) is 0 Å². The van der Waals surface area contributed by atoms with E-state index < -0.39 is 0 Å². The third-order valence-corrected chi connectivity index (χ3v) is 4.94. The van der Waals surface area contributed by atoms with Gasteiger partial charge in [0.25, 0.3) is 0 Å². The van der Waals surface area contributed by atoms with Crippen molar-refractivity contribution in [1.82, 2.24) is 0 Å². The van der Waals surface area contributed by atoms with E-state index >= 15 is 0 Å². The molecule has 0 aliphatic carbocycles. The lowest BCUT2D eigenvalue weighted by atomic mass is 9.97. The van der Waals surface area contributed by atoms with Gasteiger partial charge in [-0.15, -0.1) is 6.58 Å². The number of hydrogen-bond acceptors (Lipinski definition) is 0. The van der Waals surface area contributed by atoms with Crippen LogP contribution < -0.4 is 0 Å². The lowest BCUT2D eigenvalue weighted by Crippen LogP contribution is -1.85. The Balaban J connectivity index is 1.61. The van der Waals surface area contributed by atoms with E-state index in [9.17, 15) is 4.39 Å². The Morgan fingerprint density at radius 2 is 1.15 bits per heavy atom. The summed E-state index contributed by atoms with van der Waals surface area (Å²) in [5.74, 6) is -0.209. The van der Waals surface area contributed by atoms with Crippen molar-refractivity contribution in [1.29, 1.82) is 0 Å². The minimum absolute atomic E-state index is 0.209. The van der Waals surface area contributed by atoms with E-state index in [0.717, 1.165) is 24.0 Å². The molecule has 0 nitrogen and oxygen atoms in total. The molecule has 0 amide bonds. The monoisotopic (exact) mass is 352 g/mol. The molecule has 0 saturated heterocycles. The van der Waals surface area contributed by atoms with Gasteiger partial charge in [-0.1, -0.05) is 72.8 Å². The summed E-state index contributed by atoms with van der Waals surface area (Å²) >= 11 is 0. The number of benzene rings is 4. The molecule has 0 aliphatic heterocycles. The number of allylic oxidation sites excluding steroid dienone is 1. The van der Waals surface area contributed by atoms with Crippen molar-refractivity contribution >= 4 is 10.8 Å². The van der Waals surface area contributed by atoms with Crippen LogP contribution in [0.5, 0.6) is 0 Å². The molecular weight excluding hydrogens is 331 g/mol. The molecule has 0 heterocycles. The molecule has 4 rings (SSSR count). The van der Waals surface area contributed by atoms with Gasteiger partial charge in [-0.2, -0.15) is 0 Å². The molecule has 0 spiro atoms. The average molecular weight is 352 g/mol. The molecular formula is C26H21F. The number of rotatable bonds is 5. The zero-order chi connectivity index (χ0) is 18.6. The highest BCUT2D eigenvalue weighted by atomic mass is 19.1. The third-order valence-electron chi connectivity index (χ3n) is 4.94. The fraction of sp³-hybridized carbons (Fsp3) is 0.0769. The average Bonchev–Trinajstić information content (AvgIpc) is 2.72. The summed E-state index contributed by atoms with van der Waals surface area (Å²) in [6.45, 7) is 3.80. The Kier molecular flexibility index (Phi) is 4.84. The first-order valence-corrected chi connectivity index (χ1v) is 9.23. The maximum Gasteiger partial charge on any atom is 0.123 e. The Morgan fingerprint density at radius 1 is 0.630 bits per heavy atom. The van der Waals surface area contributed by atoms with Gasteiger partial charge in [0.2, 0.25) is 0 Å². The molecule has 4 aromatic rings.